The first-order valence-electron chi connectivity index (χ1n) is 11.3. The number of aromatic nitrogens is 1. The highest BCUT2D eigenvalue weighted by atomic mass is 16.7. The molecule has 4 nitrogen and oxygen atoms in total. The molecule has 1 fully saturated rings. The van der Waals surface area contributed by atoms with Crippen LogP contribution in [0.2, 0.25) is 0 Å². The van der Waals surface area contributed by atoms with Crippen LogP contribution in [0.5, 0.6) is 0 Å². The lowest BCUT2D eigenvalue weighted by atomic mass is 9.80. The summed E-state index contributed by atoms with van der Waals surface area (Å²) in [6.07, 6.45) is -1.51. The molecular weight excluding hydrogens is 239 g/mol. The van der Waals surface area contributed by atoms with Gasteiger partial charge in [-0.15, -0.1) is 0 Å². The minimum atomic E-state index is -3.47. The third-order valence-corrected chi connectivity index (χ3v) is 3.42. The van der Waals surface area contributed by atoms with E-state index >= 15 is 0 Å². The number of anilines is 1. The minimum Gasteiger partial charge on any atom is -0.399 e. The molecule has 5 heteroatoms. The Morgan fingerprint density at radius 3 is 2.63 bits per heavy atom. The van der Waals surface area contributed by atoms with Crippen LogP contribution in [0.15, 0.2) is 18.4 Å². The van der Waals surface area contributed by atoms with Crippen LogP contribution in [-0.2, 0) is 9.31 Å². The molecule has 1 aromatic rings. The molecule has 0 atom stereocenters. The van der Waals surface area contributed by atoms with Gasteiger partial charge in [0.15, 0.2) is 0 Å². The van der Waals surface area contributed by atoms with E-state index in [4.69, 9.17) is 24.4 Å². The second-order valence-electron chi connectivity index (χ2n) is 5.26. The van der Waals surface area contributed by atoms with Gasteiger partial charge in [-0.2, -0.15) is 0 Å². The van der Waals surface area contributed by atoms with Crippen molar-refractivity contribution in [2.24, 2.45) is 0 Å². The summed E-state index contributed by atoms with van der Waals surface area (Å²) in [5.41, 5.74) is -2.95. The summed E-state index contributed by atoms with van der Waals surface area (Å²) in [5.74, 6) is 0. The molecule has 0 bridgehead atoms. The van der Waals surface area contributed by atoms with Crippen molar-refractivity contribution in [1.82, 2.24) is 4.98 Å². The highest BCUT2D eigenvalue weighted by Crippen LogP contribution is 2.36. The molecule has 1 aromatic heterocycles. The van der Waals surface area contributed by atoms with Crippen LogP contribution >= 0.6 is 0 Å². The van der Waals surface area contributed by atoms with Gasteiger partial charge in [0.2, 0.25) is 0 Å². The minimum absolute atomic E-state index is 0.126. The predicted octanol–water partition coefficient (Wildman–Crippen LogP) is 1.84. The van der Waals surface area contributed by atoms with Crippen molar-refractivity contribution in [3.8, 4) is 0 Å². The Labute approximate surface area is 131 Å². The van der Waals surface area contributed by atoms with Crippen LogP contribution in [0.4, 0.5) is 5.69 Å². The normalized spacial score (nSPS) is 31.2. The fraction of sp³-hybridized carbons (Fsp3) is 0.643. The average molecular weight is 273 g/mol. The summed E-state index contributed by atoms with van der Waals surface area (Å²) in [6.45, 7) is -3.40. The van der Waals surface area contributed by atoms with Crippen molar-refractivity contribution in [1.29, 1.82) is 0 Å². The van der Waals surface area contributed by atoms with Crippen LogP contribution in [0.3, 0.4) is 0 Å². The van der Waals surface area contributed by atoms with Crippen LogP contribution in [0.1, 0.15) is 49.6 Å². The Balaban J connectivity index is 2.77. The van der Waals surface area contributed by atoms with E-state index in [1.54, 1.807) is 27.7 Å². The first kappa shape index (κ1) is 5.74. The Morgan fingerprint density at radius 2 is 2.05 bits per heavy atom. The summed E-state index contributed by atoms with van der Waals surface area (Å²) in [6, 6.07) is -0.775. The zero-order chi connectivity index (χ0) is 23.7. The molecular formula is C14H23BN2O2. The summed E-state index contributed by atoms with van der Waals surface area (Å²) in [4.78, 5) is 3.49. The first-order valence-corrected chi connectivity index (χ1v) is 5.79. The lowest BCUT2D eigenvalue weighted by Gasteiger charge is -2.32. The molecule has 104 valence electrons. The van der Waals surface area contributed by atoms with Crippen LogP contribution in [-0.4, -0.2) is 36.8 Å². The maximum Gasteiger partial charge on any atom is 0.496 e. The molecule has 0 aliphatic carbocycles. The van der Waals surface area contributed by atoms with Gasteiger partial charge >= 0.3 is 7.12 Å². The summed E-state index contributed by atoms with van der Waals surface area (Å²) in [5, 5.41) is 0. The van der Waals surface area contributed by atoms with E-state index in [9.17, 15) is 0 Å². The van der Waals surface area contributed by atoms with Crippen molar-refractivity contribution in [3.63, 3.8) is 0 Å². The zero-order valence-corrected chi connectivity index (χ0v) is 11.3. The SMILES string of the molecule is [2H]c1nc([2H])c(N(C([2H])([2H])[2H])C([2H])([2H])C([2H])([2H])[2H])c([2H])c1B1OC(C)(C)C(C)(C)O1. The predicted molar refractivity (Wildman–Crippen MR) is 78.9 cm³/mol. The Hall–Kier alpha value is -1.07. The fourth-order valence-corrected chi connectivity index (χ4v) is 1.56. The third kappa shape index (κ3) is 2.62. The summed E-state index contributed by atoms with van der Waals surface area (Å²) in [7, 11) is -1.32. The van der Waals surface area contributed by atoms with Gasteiger partial charge in [-0.1, -0.05) is 0 Å². The Bertz CT molecular complexity index is 823. The van der Waals surface area contributed by atoms with Crippen LogP contribution < -0.4 is 10.4 Å². The van der Waals surface area contributed by atoms with E-state index in [0.717, 1.165) is 0 Å². The summed E-state index contributed by atoms with van der Waals surface area (Å²) < 4.78 is 97.4. The molecule has 0 aromatic carbocycles. The van der Waals surface area contributed by atoms with Gasteiger partial charge in [-0.3, -0.25) is 4.98 Å². The number of hydrogen-bond acceptors (Lipinski definition) is 4. The quantitative estimate of drug-likeness (QED) is 0.787. The average Bonchev–Trinajstić information content (AvgIpc) is 2.68. The maximum atomic E-state index is 8.46. The van der Waals surface area contributed by atoms with E-state index in [0.29, 0.717) is 0 Å². The van der Waals surface area contributed by atoms with E-state index in [-0.39, 0.29) is 10.4 Å². The van der Waals surface area contributed by atoms with E-state index in [1.807, 2.05) is 0 Å². The van der Waals surface area contributed by atoms with Gasteiger partial charge in [0, 0.05) is 36.1 Å². The molecule has 1 saturated heterocycles. The first-order chi connectivity index (χ1) is 13.1. The largest absolute Gasteiger partial charge is 0.496 e. The highest BCUT2D eigenvalue weighted by Gasteiger charge is 2.51. The molecule has 2 rings (SSSR count). The lowest BCUT2D eigenvalue weighted by Crippen LogP contribution is -2.41. The molecule has 0 amide bonds. The van der Waals surface area contributed by atoms with Gasteiger partial charge in [0.05, 0.1) is 27.2 Å². The molecule has 0 spiro atoms. The van der Waals surface area contributed by atoms with Crippen molar-refractivity contribution in [2.75, 3.05) is 18.4 Å². The number of nitrogens with zero attached hydrogens (tertiary/aromatic N) is 2. The molecule has 1 aliphatic heterocycles. The maximum absolute atomic E-state index is 8.46. The molecule has 0 radical (unpaired) electrons. The monoisotopic (exact) mass is 273 g/mol. The number of hydrogen-bond donors (Lipinski definition) is 0. The summed E-state index contributed by atoms with van der Waals surface area (Å²) >= 11 is 0. The van der Waals surface area contributed by atoms with E-state index in [1.165, 1.54) is 0 Å². The molecule has 19 heavy (non-hydrogen) atoms. The zero-order valence-electron chi connectivity index (χ0n) is 22.3. The van der Waals surface area contributed by atoms with Crippen molar-refractivity contribution in [3.05, 3.63) is 18.4 Å². The molecule has 2 heterocycles. The second kappa shape index (κ2) is 4.80. The van der Waals surface area contributed by atoms with Crippen molar-refractivity contribution in [2.45, 2.75) is 45.7 Å². The van der Waals surface area contributed by atoms with Gasteiger partial charge in [-0.05, 0) is 40.6 Å². The standard InChI is InChI=1S/C14H23BN2O2/c1-7-17(6)12-8-11(9-16-10-12)15-18-13(2,3)14(4,5)19-15/h8-10H,7H2,1-6H3/i1D3,6D3,7D2,8D,9D,10D. The van der Waals surface area contributed by atoms with Gasteiger partial charge in [-0.25, -0.2) is 0 Å². The van der Waals surface area contributed by atoms with Crippen LogP contribution in [0.25, 0.3) is 0 Å². The third-order valence-electron chi connectivity index (χ3n) is 3.42. The number of pyridine rings is 1. The molecule has 0 saturated carbocycles. The van der Waals surface area contributed by atoms with Gasteiger partial charge < -0.3 is 14.2 Å². The van der Waals surface area contributed by atoms with Gasteiger partial charge in [0.1, 0.15) is 0 Å². The topological polar surface area (TPSA) is 34.6 Å². The second-order valence-corrected chi connectivity index (χ2v) is 5.26. The highest BCUT2D eigenvalue weighted by molar-refractivity contribution is 6.62. The van der Waals surface area contributed by atoms with Crippen molar-refractivity contribution < 1.29 is 24.4 Å². The van der Waals surface area contributed by atoms with E-state index < -0.39 is 62.7 Å². The van der Waals surface area contributed by atoms with Gasteiger partial charge in [0.25, 0.3) is 0 Å². The fourth-order valence-electron chi connectivity index (χ4n) is 1.56. The Morgan fingerprint density at radius 1 is 1.37 bits per heavy atom. The molecule has 0 N–H and O–H groups in total. The number of rotatable bonds is 3. The Kier molecular flexibility index (Phi) is 1.45. The van der Waals surface area contributed by atoms with Crippen molar-refractivity contribution >= 4 is 18.3 Å². The lowest BCUT2D eigenvalue weighted by molar-refractivity contribution is 0.00578. The van der Waals surface area contributed by atoms with E-state index in [2.05, 4.69) is 4.98 Å². The molecule has 0 unspecified atom stereocenters. The molecule has 1 aliphatic rings. The smallest absolute Gasteiger partial charge is 0.399 e. The van der Waals surface area contributed by atoms with Crippen LogP contribution in [0, 0.1) is 0 Å².